The van der Waals surface area contributed by atoms with Crippen LogP contribution in [0.3, 0.4) is 0 Å². The van der Waals surface area contributed by atoms with Crippen molar-refractivity contribution in [1.29, 1.82) is 0 Å². The molecule has 1 amide bonds. The number of carbonyl (C=O) groups excluding carboxylic acids is 1. The van der Waals surface area contributed by atoms with E-state index in [4.69, 9.17) is 5.73 Å². The Morgan fingerprint density at radius 3 is 2.44 bits per heavy atom. The first kappa shape index (κ1) is 22.1. The Kier molecular flexibility index (Phi) is 8.53. The fourth-order valence-corrected chi connectivity index (χ4v) is 3.38. The predicted octanol–water partition coefficient (Wildman–Crippen LogP) is 3.00. The number of benzene rings is 1. The van der Waals surface area contributed by atoms with Gasteiger partial charge >= 0.3 is 0 Å². The Hall–Kier alpha value is -0.960. The molecule has 7 heteroatoms. The van der Waals surface area contributed by atoms with Crippen LogP contribution in [0.4, 0.5) is 0 Å². The zero-order chi connectivity index (χ0) is 17.6. The fraction of sp³-hybridized carbons (Fsp3) is 0.556. The second-order valence-corrected chi connectivity index (χ2v) is 8.44. The van der Waals surface area contributed by atoms with E-state index < -0.39 is 5.41 Å². The van der Waals surface area contributed by atoms with Gasteiger partial charge in [-0.2, -0.15) is 0 Å². The highest BCUT2D eigenvalue weighted by Crippen LogP contribution is 2.51. The van der Waals surface area contributed by atoms with Crippen LogP contribution in [0.5, 0.6) is 0 Å². The summed E-state index contributed by atoms with van der Waals surface area (Å²) in [4.78, 5) is 17.3. The summed E-state index contributed by atoms with van der Waals surface area (Å²) in [7, 11) is 0. The van der Waals surface area contributed by atoms with Crippen molar-refractivity contribution in [3.05, 3.63) is 30.3 Å². The first-order valence-electron chi connectivity index (χ1n) is 8.43. The fourth-order valence-electron chi connectivity index (χ4n) is 2.13. The van der Waals surface area contributed by atoms with Crippen molar-refractivity contribution in [2.24, 2.45) is 16.1 Å². The van der Waals surface area contributed by atoms with Crippen LogP contribution in [0.15, 0.2) is 40.2 Å². The maximum absolute atomic E-state index is 11.4. The number of aliphatic imine (C=N–C) groups is 1. The highest BCUT2D eigenvalue weighted by Gasteiger charge is 2.43. The average Bonchev–Trinajstić information content (AvgIpc) is 3.31. The van der Waals surface area contributed by atoms with E-state index in [9.17, 15) is 4.79 Å². The molecular weight excluding hydrogens is 447 g/mol. The topological polar surface area (TPSA) is 79.5 Å². The van der Waals surface area contributed by atoms with Crippen LogP contribution in [0.25, 0.3) is 0 Å². The molecule has 0 bridgehead atoms. The third-order valence-corrected chi connectivity index (χ3v) is 5.60. The lowest BCUT2D eigenvalue weighted by Gasteiger charge is -2.21. The first-order valence-corrected chi connectivity index (χ1v) is 9.25. The third-order valence-electron chi connectivity index (χ3n) is 4.11. The predicted molar refractivity (Wildman–Crippen MR) is 117 cm³/mol. The number of carbonyl (C=O) groups is 1. The number of nitrogens with zero attached hydrogens (tertiary/aromatic N) is 1. The van der Waals surface area contributed by atoms with Crippen molar-refractivity contribution in [2.75, 3.05) is 19.6 Å². The molecule has 0 unspecified atom stereocenters. The number of hydrogen-bond acceptors (Lipinski definition) is 3. The van der Waals surface area contributed by atoms with Crippen molar-refractivity contribution in [3.63, 3.8) is 0 Å². The van der Waals surface area contributed by atoms with Crippen LogP contribution in [0, 0.1) is 5.41 Å². The maximum Gasteiger partial charge on any atom is 0.224 e. The minimum Gasteiger partial charge on any atom is -0.369 e. The van der Waals surface area contributed by atoms with E-state index in [1.807, 2.05) is 38.6 Å². The molecule has 0 radical (unpaired) electrons. The van der Waals surface area contributed by atoms with Gasteiger partial charge < -0.3 is 16.4 Å². The van der Waals surface area contributed by atoms with E-state index in [0.717, 1.165) is 19.0 Å². The van der Waals surface area contributed by atoms with Crippen molar-refractivity contribution < 1.29 is 4.79 Å². The van der Waals surface area contributed by atoms with Crippen molar-refractivity contribution >= 4 is 47.6 Å². The van der Waals surface area contributed by atoms with Gasteiger partial charge in [0.05, 0.1) is 12.0 Å². The molecule has 2 rings (SSSR count). The molecule has 1 saturated carbocycles. The number of hydrogen-bond donors (Lipinski definition) is 3. The van der Waals surface area contributed by atoms with Crippen molar-refractivity contribution in [1.82, 2.24) is 10.6 Å². The van der Waals surface area contributed by atoms with Gasteiger partial charge in [-0.15, -0.1) is 35.7 Å². The molecule has 0 heterocycles. The van der Waals surface area contributed by atoms with Gasteiger partial charge in [0.15, 0.2) is 5.96 Å². The summed E-state index contributed by atoms with van der Waals surface area (Å²) < 4.78 is 0.247. The number of nitrogens with one attached hydrogen (secondary N) is 2. The molecule has 140 valence electrons. The van der Waals surface area contributed by atoms with Crippen LogP contribution >= 0.6 is 35.7 Å². The molecule has 1 aromatic carbocycles. The van der Waals surface area contributed by atoms with E-state index in [1.165, 1.54) is 17.7 Å². The minimum atomic E-state index is -0.640. The van der Waals surface area contributed by atoms with Crippen LogP contribution in [0.2, 0.25) is 0 Å². The smallest absolute Gasteiger partial charge is 0.224 e. The largest absolute Gasteiger partial charge is 0.369 e. The Morgan fingerprint density at radius 2 is 1.92 bits per heavy atom. The van der Waals surface area contributed by atoms with Gasteiger partial charge in [0.25, 0.3) is 0 Å². The van der Waals surface area contributed by atoms with Gasteiger partial charge in [-0.05, 0) is 45.7 Å². The summed E-state index contributed by atoms with van der Waals surface area (Å²) in [6.45, 7) is 7.67. The second-order valence-electron chi connectivity index (χ2n) is 6.89. The molecular formula is C18H29IN4OS. The van der Waals surface area contributed by atoms with Gasteiger partial charge in [-0.1, -0.05) is 18.2 Å². The highest BCUT2D eigenvalue weighted by molar-refractivity contribution is 14.0. The Balaban J connectivity index is 0.00000312. The number of halogens is 1. The van der Waals surface area contributed by atoms with Gasteiger partial charge in [0, 0.05) is 22.7 Å². The lowest BCUT2D eigenvalue weighted by atomic mass is 9.93. The number of thioether (sulfide) groups is 1. The summed E-state index contributed by atoms with van der Waals surface area (Å²) in [6, 6.07) is 10.5. The van der Waals surface area contributed by atoms with Gasteiger partial charge in [0.1, 0.15) is 0 Å². The lowest BCUT2D eigenvalue weighted by Crippen LogP contribution is -2.42. The monoisotopic (exact) mass is 476 g/mol. The van der Waals surface area contributed by atoms with E-state index in [0.29, 0.717) is 6.54 Å². The number of primary amides is 1. The normalized spacial score (nSPS) is 15.9. The van der Waals surface area contributed by atoms with Crippen LogP contribution in [-0.4, -0.2) is 36.2 Å². The summed E-state index contributed by atoms with van der Waals surface area (Å²) in [6.07, 6.45) is 2.40. The number of rotatable bonds is 8. The number of nitrogens with two attached hydrogens (primary N) is 1. The van der Waals surface area contributed by atoms with Crippen LogP contribution < -0.4 is 16.4 Å². The molecule has 1 aromatic rings. The third kappa shape index (κ3) is 7.05. The van der Waals surface area contributed by atoms with E-state index in [2.05, 4.69) is 39.9 Å². The minimum absolute atomic E-state index is 0. The number of amides is 1. The Bertz CT molecular complexity index is 588. The van der Waals surface area contributed by atoms with Gasteiger partial charge in [-0.3, -0.25) is 9.79 Å². The number of guanidine groups is 1. The van der Waals surface area contributed by atoms with E-state index in [1.54, 1.807) is 0 Å². The molecule has 0 spiro atoms. The zero-order valence-corrected chi connectivity index (χ0v) is 18.3. The quantitative estimate of drug-likeness (QED) is 0.306. The summed E-state index contributed by atoms with van der Waals surface area (Å²) in [5, 5.41) is 6.66. The van der Waals surface area contributed by atoms with Gasteiger partial charge in [0.2, 0.25) is 5.91 Å². The average molecular weight is 476 g/mol. The first-order chi connectivity index (χ1) is 11.4. The molecule has 0 aliphatic heterocycles. The maximum atomic E-state index is 11.4. The summed E-state index contributed by atoms with van der Waals surface area (Å²) in [5.41, 5.74) is 4.78. The molecule has 4 N–H and O–H groups in total. The standard InChI is InChI=1S/C18H28N4OS.HI/c1-4-20-16(21-12-17(2,3)15(19)23)22-13-18(10-11-18)24-14-8-6-5-7-9-14;/h5-9H,4,10-13H2,1-3H3,(H2,19,23)(H2,20,21,22);1H. The Morgan fingerprint density at radius 1 is 1.28 bits per heavy atom. The second kappa shape index (κ2) is 9.66. The summed E-state index contributed by atoms with van der Waals surface area (Å²) >= 11 is 1.93. The summed E-state index contributed by atoms with van der Waals surface area (Å²) in [5.74, 6) is 0.409. The lowest BCUT2D eigenvalue weighted by molar-refractivity contribution is -0.125. The zero-order valence-electron chi connectivity index (χ0n) is 15.2. The van der Waals surface area contributed by atoms with E-state index in [-0.39, 0.29) is 34.6 Å². The van der Waals surface area contributed by atoms with Gasteiger partial charge in [-0.25, -0.2) is 0 Å². The van der Waals surface area contributed by atoms with E-state index >= 15 is 0 Å². The molecule has 0 atom stereocenters. The molecule has 0 aromatic heterocycles. The molecule has 25 heavy (non-hydrogen) atoms. The molecule has 0 saturated heterocycles. The molecule has 1 fully saturated rings. The van der Waals surface area contributed by atoms with Crippen molar-refractivity contribution in [2.45, 2.75) is 43.3 Å². The van der Waals surface area contributed by atoms with Crippen LogP contribution in [0.1, 0.15) is 33.6 Å². The SMILES string of the molecule is CCNC(=NCC(C)(C)C(N)=O)NCC1(Sc2ccccc2)CC1.I. The van der Waals surface area contributed by atoms with Crippen molar-refractivity contribution in [3.8, 4) is 0 Å². The molecule has 1 aliphatic rings. The van der Waals surface area contributed by atoms with Crippen LogP contribution in [-0.2, 0) is 4.79 Å². The molecule has 5 nitrogen and oxygen atoms in total. The highest BCUT2D eigenvalue weighted by atomic mass is 127. The molecule has 1 aliphatic carbocycles. The Labute approximate surface area is 172 Å².